The standard InChI is InChI=1S/C12H22N2O/c1-9-8-14(7-4-10(9)13)11(15)12(2)5-3-6-12/h9-10H,3-8,13H2,1-2H3. The van der Waals surface area contributed by atoms with Crippen LogP contribution in [-0.4, -0.2) is 29.9 Å². The van der Waals surface area contributed by atoms with Gasteiger partial charge in [0, 0.05) is 24.5 Å². The molecule has 1 aliphatic heterocycles. The monoisotopic (exact) mass is 210 g/mol. The van der Waals surface area contributed by atoms with E-state index >= 15 is 0 Å². The summed E-state index contributed by atoms with van der Waals surface area (Å²) < 4.78 is 0. The number of nitrogens with two attached hydrogens (primary N) is 1. The molecule has 0 bridgehead atoms. The second-order valence-corrected chi connectivity index (χ2v) is 5.60. The Hall–Kier alpha value is -0.570. The van der Waals surface area contributed by atoms with Crippen LogP contribution in [0.15, 0.2) is 0 Å². The number of hydrogen-bond acceptors (Lipinski definition) is 2. The fourth-order valence-corrected chi connectivity index (χ4v) is 2.65. The first-order valence-corrected chi connectivity index (χ1v) is 6.08. The largest absolute Gasteiger partial charge is 0.342 e. The molecule has 0 aromatic heterocycles. The van der Waals surface area contributed by atoms with Crippen LogP contribution in [0.5, 0.6) is 0 Å². The van der Waals surface area contributed by atoms with Crippen LogP contribution in [0.4, 0.5) is 0 Å². The number of hydrogen-bond donors (Lipinski definition) is 1. The molecule has 1 amide bonds. The zero-order valence-electron chi connectivity index (χ0n) is 9.83. The summed E-state index contributed by atoms with van der Waals surface area (Å²) >= 11 is 0. The number of amides is 1. The van der Waals surface area contributed by atoms with Gasteiger partial charge in [0.15, 0.2) is 0 Å². The predicted octanol–water partition coefficient (Wildman–Crippen LogP) is 1.37. The third-order valence-corrected chi connectivity index (χ3v) is 4.23. The molecule has 2 rings (SSSR count). The molecular weight excluding hydrogens is 188 g/mol. The molecule has 86 valence electrons. The van der Waals surface area contributed by atoms with Crippen molar-refractivity contribution < 1.29 is 4.79 Å². The summed E-state index contributed by atoms with van der Waals surface area (Å²) in [6, 6.07) is 0.281. The van der Waals surface area contributed by atoms with Crippen molar-refractivity contribution in [2.24, 2.45) is 17.1 Å². The van der Waals surface area contributed by atoms with E-state index in [0.29, 0.717) is 11.8 Å². The van der Waals surface area contributed by atoms with Gasteiger partial charge in [-0.1, -0.05) is 20.3 Å². The van der Waals surface area contributed by atoms with E-state index in [0.717, 1.165) is 32.4 Å². The highest BCUT2D eigenvalue weighted by Crippen LogP contribution is 2.42. The van der Waals surface area contributed by atoms with Crippen LogP contribution in [0.2, 0.25) is 0 Å². The number of rotatable bonds is 1. The van der Waals surface area contributed by atoms with Crippen molar-refractivity contribution in [3.8, 4) is 0 Å². The van der Waals surface area contributed by atoms with Crippen molar-refractivity contribution in [1.29, 1.82) is 0 Å². The Morgan fingerprint density at radius 3 is 2.60 bits per heavy atom. The van der Waals surface area contributed by atoms with Gasteiger partial charge < -0.3 is 10.6 Å². The lowest BCUT2D eigenvalue weighted by Gasteiger charge is -2.44. The minimum absolute atomic E-state index is 0.0405. The van der Waals surface area contributed by atoms with Gasteiger partial charge in [-0.05, 0) is 25.2 Å². The van der Waals surface area contributed by atoms with Gasteiger partial charge in [-0.2, -0.15) is 0 Å². The van der Waals surface area contributed by atoms with Crippen molar-refractivity contribution in [1.82, 2.24) is 4.90 Å². The van der Waals surface area contributed by atoms with Crippen molar-refractivity contribution in [3.63, 3.8) is 0 Å². The lowest BCUT2D eigenvalue weighted by molar-refractivity contribution is -0.148. The molecule has 0 spiro atoms. The van der Waals surface area contributed by atoms with E-state index in [4.69, 9.17) is 5.73 Å². The summed E-state index contributed by atoms with van der Waals surface area (Å²) in [5.74, 6) is 0.818. The molecular formula is C12H22N2O. The second-order valence-electron chi connectivity index (χ2n) is 5.60. The molecule has 1 heterocycles. The normalized spacial score (nSPS) is 34.7. The zero-order valence-corrected chi connectivity index (χ0v) is 9.83. The lowest BCUT2D eigenvalue weighted by atomic mass is 9.69. The van der Waals surface area contributed by atoms with Gasteiger partial charge >= 0.3 is 0 Å². The highest BCUT2D eigenvalue weighted by atomic mass is 16.2. The van der Waals surface area contributed by atoms with Gasteiger partial charge in [0.25, 0.3) is 0 Å². The van der Waals surface area contributed by atoms with Crippen LogP contribution in [-0.2, 0) is 4.79 Å². The molecule has 2 fully saturated rings. The number of piperidine rings is 1. The van der Waals surface area contributed by atoms with Crippen LogP contribution in [0, 0.1) is 11.3 Å². The molecule has 15 heavy (non-hydrogen) atoms. The molecule has 2 aliphatic rings. The van der Waals surface area contributed by atoms with Crippen LogP contribution in [0.1, 0.15) is 39.5 Å². The predicted molar refractivity (Wildman–Crippen MR) is 60.3 cm³/mol. The van der Waals surface area contributed by atoms with Crippen molar-refractivity contribution >= 4 is 5.91 Å². The number of carbonyl (C=O) groups excluding carboxylic acids is 1. The van der Waals surface area contributed by atoms with Crippen molar-refractivity contribution in [2.75, 3.05) is 13.1 Å². The second kappa shape index (κ2) is 3.78. The minimum atomic E-state index is -0.0405. The third-order valence-electron chi connectivity index (χ3n) is 4.23. The maximum atomic E-state index is 12.2. The molecule has 0 radical (unpaired) electrons. The highest BCUT2D eigenvalue weighted by molar-refractivity contribution is 5.83. The first-order valence-electron chi connectivity index (χ1n) is 6.08. The van der Waals surface area contributed by atoms with E-state index in [1.807, 2.05) is 4.90 Å². The SMILES string of the molecule is CC1CN(C(=O)C2(C)CCC2)CCC1N. The van der Waals surface area contributed by atoms with Crippen LogP contribution in [0.3, 0.4) is 0 Å². The molecule has 1 saturated carbocycles. The van der Waals surface area contributed by atoms with E-state index in [1.54, 1.807) is 0 Å². The summed E-state index contributed by atoms with van der Waals surface area (Å²) in [6.45, 7) is 5.97. The van der Waals surface area contributed by atoms with Gasteiger partial charge in [0.05, 0.1) is 0 Å². The first-order chi connectivity index (χ1) is 7.03. The van der Waals surface area contributed by atoms with E-state index in [2.05, 4.69) is 13.8 Å². The summed E-state index contributed by atoms with van der Waals surface area (Å²) in [5.41, 5.74) is 5.92. The molecule has 1 saturated heterocycles. The molecule has 0 aromatic carbocycles. The maximum Gasteiger partial charge on any atom is 0.228 e. The van der Waals surface area contributed by atoms with Crippen LogP contribution < -0.4 is 5.73 Å². The molecule has 2 N–H and O–H groups in total. The Morgan fingerprint density at radius 2 is 2.13 bits per heavy atom. The average molecular weight is 210 g/mol. The van der Waals surface area contributed by atoms with E-state index in [9.17, 15) is 4.79 Å². The van der Waals surface area contributed by atoms with Crippen LogP contribution >= 0.6 is 0 Å². The Balaban J connectivity index is 1.97. The van der Waals surface area contributed by atoms with E-state index in [-0.39, 0.29) is 11.5 Å². The molecule has 2 unspecified atom stereocenters. The van der Waals surface area contributed by atoms with Gasteiger partial charge in [0.1, 0.15) is 0 Å². The van der Waals surface area contributed by atoms with Gasteiger partial charge in [0.2, 0.25) is 5.91 Å². The average Bonchev–Trinajstić information content (AvgIpc) is 2.17. The zero-order chi connectivity index (χ0) is 11.1. The fraction of sp³-hybridized carbons (Fsp3) is 0.917. The Morgan fingerprint density at radius 1 is 1.47 bits per heavy atom. The molecule has 1 aliphatic carbocycles. The summed E-state index contributed by atoms with van der Waals surface area (Å²) in [5, 5.41) is 0. The maximum absolute atomic E-state index is 12.2. The topological polar surface area (TPSA) is 46.3 Å². The van der Waals surface area contributed by atoms with E-state index in [1.165, 1.54) is 6.42 Å². The third kappa shape index (κ3) is 1.89. The quantitative estimate of drug-likeness (QED) is 0.710. The van der Waals surface area contributed by atoms with Crippen molar-refractivity contribution in [2.45, 2.75) is 45.6 Å². The Kier molecular flexibility index (Phi) is 2.75. The fourth-order valence-electron chi connectivity index (χ4n) is 2.65. The highest BCUT2D eigenvalue weighted by Gasteiger charge is 2.42. The van der Waals surface area contributed by atoms with Gasteiger partial charge in [-0.25, -0.2) is 0 Å². The number of nitrogens with zero attached hydrogens (tertiary/aromatic N) is 1. The molecule has 3 heteroatoms. The van der Waals surface area contributed by atoms with Crippen molar-refractivity contribution in [3.05, 3.63) is 0 Å². The van der Waals surface area contributed by atoms with Crippen LogP contribution in [0.25, 0.3) is 0 Å². The summed E-state index contributed by atoms with van der Waals surface area (Å²) in [4.78, 5) is 14.3. The first kappa shape index (κ1) is 10.9. The Labute approximate surface area is 92.0 Å². The van der Waals surface area contributed by atoms with Gasteiger partial charge in [-0.15, -0.1) is 0 Å². The smallest absolute Gasteiger partial charge is 0.228 e. The van der Waals surface area contributed by atoms with Gasteiger partial charge in [-0.3, -0.25) is 4.79 Å². The minimum Gasteiger partial charge on any atom is -0.342 e. The van der Waals surface area contributed by atoms with E-state index < -0.39 is 0 Å². The molecule has 3 nitrogen and oxygen atoms in total. The summed E-state index contributed by atoms with van der Waals surface area (Å²) in [7, 11) is 0. The lowest BCUT2D eigenvalue weighted by Crippen LogP contribution is -2.53. The Bertz CT molecular complexity index is 260. The number of likely N-dealkylation sites (tertiary alicyclic amines) is 1. The number of carbonyl (C=O) groups is 1. The summed E-state index contributed by atoms with van der Waals surface area (Å²) in [6.07, 6.45) is 4.32. The molecule has 2 atom stereocenters. The molecule has 0 aromatic rings.